The van der Waals surface area contributed by atoms with Gasteiger partial charge in [0.2, 0.25) is 5.91 Å². The van der Waals surface area contributed by atoms with E-state index in [1.807, 2.05) is 23.1 Å². The molecular formula is C17H27Cl2N3O2. The second-order valence-electron chi connectivity index (χ2n) is 6.46. The fourth-order valence-electron chi connectivity index (χ4n) is 3.24. The molecular weight excluding hydrogens is 349 g/mol. The summed E-state index contributed by atoms with van der Waals surface area (Å²) in [4.78, 5) is 16.6. The monoisotopic (exact) mass is 375 g/mol. The van der Waals surface area contributed by atoms with Gasteiger partial charge in [-0.15, -0.1) is 24.8 Å². The molecule has 0 bridgehead atoms. The van der Waals surface area contributed by atoms with E-state index in [1.54, 1.807) is 7.11 Å². The predicted molar refractivity (Wildman–Crippen MR) is 102 cm³/mol. The van der Waals surface area contributed by atoms with Crippen molar-refractivity contribution in [1.29, 1.82) is 0 Å². The molecule has 1 saturated heterocycles. The largest absolute Gasteiger partial charge is 0.497 e. The van der Waals surface area contributed by atoms with Crippen LogP contribution >= 0.6 is 24.8 Å². The van der Waals surface area contributed by atoms with Crippen LogP contribution < -0.4 is 15.4 Å². The SMILES string of the molecule is COc1cccc(N2CCN(C(=O)CC3(N)CCC3)CC2)c1.Cl.Cl. The van der Waals surface area contributed by atoms with Crippen LogP contribution in [0.4, 0.5) is 5.69 Å². The molecule has 0 radical (unpaired) electrons. The Balaban J connectivity index is 0.00000144. The molecule has 1 aromatic carbocycles. The van der Waals surface area contributed by atoms with Crippen molar-refractivity contribution < 1.29 is 9.53 Å². The fraction of sp³-hybridized carbons (Fsp3) is 0.588. The number of nitrogens with zero attached hydrogens (tertiary/aromatic N) is 2. The molecule has 7 heteroatoms. The van der Waals surface area contributed by atoms with Gasteiger partial charge in [-0.25, -0.2) is 0 Å². The number of ether oxygens (including phenoxy) is 1. The third kappa shape index (κ3) is 4.68. The minimum Gasteiger partial charge on any atom is -0.497 e. The summed E-state index contributed by atoms with van der Waals surface area (Å²) in [5.74, 6) is 1.08. The maximum atomic E-state index is 12.4. The molecule has 2 N–H and O–H groups in total. The first-order chi connectivity index (χ1) is 10.6. The lowest BCUT2D eigenvalue weighted by atomic mass is 9.75. The summed E-state index contributed by atoms with van der Waals surface area (Å²) in [6.45, 7) is 3.26. The average molecular weight is 376 g/mol. The molecule has 1 amide bonds. The summed E-state index contributed by atoms with van der Waals surface area (Å²) in [5, 5.41) is 0. The van der Waals surface area contributed by atoms with Crippen LogP contribution in [0, 0.1) is 0 Å². The van der Waals surface area contributed by atoms with Gasteiger partial charge < -0.3 is 20.3 Å². The lowest BCUT2D eigenvalue weighted by Crippen LogP contribution is -2.54. The zero-order chi connectivity index (χ0) is 15.6. The Kier molecular flexibility index (Phi) is 7.64. The van der Waals surface area contributed by atoms with Crippen molar-refractivity contribution in [2.45, 2.75) is 31.2 Å². The Bertz CT molecular complexity index is 544. The quantitative estimate of drug-likeness (QED) is 0.877. The first-order valence-electron chi connectivity index (χ1n) is 8.05. The summed E-state index contributed by atoms with van der Waals surface area (Å²) in [6.07, 6.45) is 3.64. The number of carbonyl (C=O) groups is 1. The molecule has 2 aliphatic rings. The third-order valence-corrected chi connectivity index (χ3v) is 4.90. The van der Waals surface area contributed by atoms with Crippen LogP contribution in [0.1, 0.15) is 25.7 Å². The summed E-state index contributed by atoms with van der Waals surface area (Å²) in [6, 6.07) is 8.08. The molecule has 24 heavy (non-hydrogen) atoms. The van der Waals surface area contributed by atoms with E-state index in [-0.39, 0.29) is 36.3 Å². The molecule has 1 aliphatic carbocycles. The Hall–Kier alpha value is -1.17. The van der Waals surface area contributed by atoms with Crippen LogP contribution in [0.15, 0.2) is 24.3 Å². The number of anilines is 1. The van der Waals surface area contributed by atoms with E-state index in [0.717, 1.165) is 56.9 Å². The lowest BCUT2D eigenvalue weighted by Gasteiger charge is -2.41. The molecule has 1 saturated carbocycles. The second kappa shape index (κ2) is 8.79. The molecule has 1 heterocycles. The molecule has 0 atom stereocenters. The van der Waals surface area contributed by atoms with Crippen LogP contribution in [0.5, 0.6) is 5.75 Å². The van der Waals surface area contributed by atoms with E-state index in [4.69, 9.17) is 10.5 Å². The minimum absolute atomic E-state index is 0. The van der Waals surface area contributed by atoms with Crippen LogP contribution in [0.25, 0.3) is 0 Å². The standard InChI is InChI=1S/C17H25N3O2.2ClH/c1-22-15-5-2-4-14(12-15)19-8-10-20(11-9-19)16(21)13-17(18)6-3-7-17;;/h2,4-5,12H,3,6-11,13,18H2,1H3;2*1H. The number of methoxy groups -OCH3 is 1. The van der Waals surface area contributed by atoms with Crippen LogP contribution in [0.3, 0.4) is 0 Å². The van der Waals surface area contributed by atoms with Gasteiger partial charge in [-0.3, -0.25) is 4.79 Å². The van der Waals surface area contributed by atoms with Crippen LogP contribution in [-0.2, 0) is 4.79 Å². The summed E-state index contributed by atoms with van der Waals surface area (Å²) < 4.78 is 5.27. The van der Waals surface area contributed by atoms with Gasteiger partial charge in [-0.05, 0) is 31.4 Å². The van der Waals surface area contributed by atoms with Gasteiger partial charge in [0, 0.05) is 49.9 Å². The van der Waals surface area contributed by atoms with E-state index < -0.39 is 0 Å². The zero-order valence-electron chi connectivity index (χ0n) is 14.1. The van der Waals surface area contributed by atoms with Gasteiger partial charge in [0.15, 0.2) is 0 Å². The van der Waals surface area contributed by atoms with Gasteiger partial charge in [0.05, 0.1) is 7.11 Å². The van der Waals surface area contributed by atoms with Crippen molar-refractivity contribution in [2.75, 3.05) is 38.2 Å². The van der Waals surface area contributed by atoms with Gasteiger partial charge >= 0.3 is 0 Å². The first kappa shape index (κ1) is 20.9. The maximum Gasteiger partial charge on any atom is 0.224 e. The van der Waals surface area contributed by atoms with Crippen molar-refractivity contribution in [1.82, 2.24) is 4.90 Å². The second-order valence-corrected chi connectivity index (χ2v) is 6.46. The Morgan fingerprint density at radius 3 is 2.42 bits per heavy atom. The zero-order valence-corrected chi connectivity index (χ0v) is 15.7. The number of piperazine rings is 1. The summed E-state index contributed by atoms with van der Waals surface area (Å²) in [5.41, 5.74) is 7.12. The molecule has 1 aliphatic heterocycles. The molecule has 0 aromatic heterocycles. The highest BCUT2D eigenvalue weighted by Crippen LogP contribution is 2.32. The topological polar surface area (TPSA) is 58.8 Å². The average Bonchev–Trinajstić information content (AvgIpc) is 2.53. The molecule has 2 fully saturated rings. The summed E-state index contributed by atoms with van der Waals surface area (Å²) >= 11 is 0. The number of hydrogen-bond donors (Lipinski definition) is 1. The van der Waals surface area contributed by atoms with Crippen molar-refractivity contribution in [3.8, 4) is 5.75 Å². The minimum atomic E-state index is -0.221. The normalized spacial score (nSPS) is 18.8. The van der Waals surface area contributed by atoms with Gasteiger partial charge in [-0.1, -0.05) is 6.07 Å². The smallest absolute Gasteiger partial charge is 0.224 e. The Morgan fingerprint density at radius 2 is 1.88 bits per heavy atom. The van der Waals surface area contributed by atoms with E-state index in [9.17, 15) is 4.79 Å². The summed E-state index contributed by atoms with van der Waals surface area (Å²) in [7, 11) is 1.68. The molecule has 5 nitrogen and oxygen atoms in total. The van der Waals surface area contributed by atoms with Crippen molar-refractivity contribution in [2.24, 2.45) is 5.73 Å². The Labute approximate surface area is 156 Å². The third-order valence-electron chi connectivity index (χ3n) is 4.90. The highest BCUT2D eigenvalue weighted by atomic mass is 35.5. The number of amides is 1. The molecule has 1 aromatic rings. The molecule has 0 unspecified atom stereocenters. The van der Waals surface area contributed by atoms with Crippen molar-refractivity contribution in [3.05, 3.63) is 24.3 Å². The first-order valence-corrected chi connectivity index (χ1v) is 8.05. The van der Waals surface area contributed by atoms with E-state index in [2.05, 4.69) is 11.0 Å². The maximum absolute atomic E-state index is 12.4. The Morgan fingerprint density at radius 1 is 1.21 bits per heavy atom. The number of carbonyl (C=O) groups excluding carboxylic acids is 1. The van der Waals surface area contributed by atoms with Gasteiger partial charge in [-0.2, -0.15) is 0 Å². The lowest BCUT2D eigenvalue weighted by molar-refractivity contribution is -0.133. The van der Waals surface area contributed by atoms with Crippen LogP contribution in [-0.4, -0.2) is 49.6 Å². The number of benzene rings is 1. The van der Waals surface area contributed by atoms with E-state index >= 15 is 0 Å². The van der Waals surface area contributed by atoms with E-state index in [1.165, 1.54) is 0 Å². The molecule has 136 valence electrons. The number of rotatable bonds is 4. The highest BCUT2D eigenvalue weighted by Gasteiger charge is 2.36. The number of nitrogens with two attached hydrogens (primary N) is 1. The van der Waals surface area contributed by atoms with Gasteiger partial charge in [0.25, 0.3) is 0 Å². The highest BCUT2D eigenvalue weighted by molar-refractivity contribution is 5.85. The van der Waals surface area contributed by atoms with Gasteiger partial charge in [0.1, 0.15) is 5.75 Å². The molecule has 0 spiro atoms. The number of halogens is 2. The van der Waals surface area contributed by atoms with Crippen LogP contribution in [0.2, 0.25) is 0 Å². The predicted octanol–water partition coefficient (Wildman–Crippen LogP) is 2.46. The van der Waals surface area contributed by atoms with Crippen molar-refractivity contribution >= 4 is 36.4 Å². The molecule has 3 rings (SSSR count). The van der Waals surface area contributed by atoms with Crippen molar-refractivity contribution in [3.63, 3.8) is 0 Å². The fourth-order valence-corrected chi connectivity index (χ4v) is 3.24. The number of hydrogen-bond acceptors (Lipinski definition) is 4. The van der Waals surface area contributed by atoms with E-state index in [0.29, 0.717) is 6.42 Å².